The molecule has 0 radical (unpaired) electrons. The van der Waals surface area contributed by atoms with Gasteiger partial charge in [-0.25, -0.2) is 0 Å². The Morgan fingerprint density at radius 3 is 2.43 bits per heavy atom. The van der Waals surface area contributed by atoms with Crippen molar-refractivity contribution < 1.29 is 9.59 Å². The van der Waals surface area contributed by atoms with Crippen LogP contribution in [-0.2, 0) is 16.0 Å². The third kappa shape index (κ3) is 5.59. The van der Waals surface area contributed by atoms with E-state index in [-0.39, 0.29) is 11.5 Å². The van der Waals surface area contributed by atoms with Crippen LogP contribution in [0.1, 0.15) is 30.9 Å². The molecule has 0 aliphatic carbocycles. The summed E-state index contributed by atoms with van der Waals surface area (Å²) < 4.78 is 0. The lowest BCUT2D eigenvalue weighted by Crippen LogP contribution is -2.31. The van der Waals surface area contributed by atoms with Gasteiger partial charge in [0.25, 0.3) is 5.91 Å². The predicted octanol–water partition coefficient (Wildman–Crippen LogP) is 6.53. The molecule has 1 atom stereocenters. The van der Waals surface area contributed by atoms with Crippen LogP contribution in [0.25, 0.3) is 0 Å². The molecule has 176 valence electrons. The first-order valence-electron chi connectivity index (χ1n) is 11.2. The zero-order chi connectivity index (χ0) is 24.9. The number of nitrogens with one attached hydrogen (secondary N) is 1. The smallest absolute Gasteiger partial charge is 0.269 e. The SMILES string of the molecule is CC(C)c1ccc(N2C(=O)C(Cc3cccc(Cl)c3)S/C2=C(/C#N)C(=O)Nc2ccccc2)cc1. The lowest BCUT2D eigenvalue weighted by atomic mass is 10.0. The summed E-state index contributed by atoms with van der Waals surface area (Å²) in [6, 6.07) is 26.0. The molecule has 0 aromatic heterocycles. The van der Waals surface area contributed by atoms with Gasteiger partial charge in [-0.1, -0.05) is 79.7 Å². The molecule has 0 saturated carbocycles. The van der Waals surface area contributed by atoms with Crippen molar-refractivity contribution in [3.05, 3.63) is 106 Å². The van der Waals surface area contributed by atoms with Crippen molar-refractivity contribution in [1.82, 2.24) is 0 Å². The molecule has 1 N–H and O–H groups in total. The summed E-state index contributed by atoms with van der Waals surface area (Å²) in [6.45, 7) is 4.19. The second-order valence-electron chi connectivity index (χ2n) is 8.47. The van der Waals surface area contributed by atoms with Crippen LogP contribution < -0.4 is 10.2 Å². The van der Waals surface area contributed by atoms with Crippen molar-refractivity contribution >= 4 is 46.6 Å². The Balaban J connectivity index is 1.73. The maximum absolute atomic E-state index is 13.6. The number of amides is 2. The van der Waals surface area contributed by atoms with E-state index in [1.54, 1.807) is 30.3 Å². The molecule has 3 aromatic carbocycles. The van der Waals surface area contributed by atoms with Gasteiger partial charge >= 0.3 is 0 Å². The number of carbonyl (C=O) groups is 2. The van der Waals surface area contributed by atoms with Crippen molar-refractivity contribution in [2.75, 3.05) is 10.2 Å². The Morgan fingerprint density at radius 2 is 1.80 bits per heavy atom. The Kier molecular flexibility index (Phi) is 7.60. The number of nitrogens with zero attached hydrogens (tertiary/aromatic N) is 2. The highest BCUT2D eigenvalue weighted by atomic mass is 35.5. The summed E-state index contributed by atoms with van der Waals surface area (Å²) in [5, 5.41) is 13.2. The highest BCUT2D eigenvalue weighted by Crippen LogP contribution is 2.42. The van der Waals surface area contributed by atoms with E-state index >= 15 is 0 Å². The number of hydrogen-bond donors (Lipinski definition) is 1. The van der Waals surface area contributed by atoms with E-state index in [0.29, 0.717) is 33.8 Å². The summed E-state index contributed by atoms with van der Waals surface area (Å²) in [6.07, 6.45) is 0.424. The van der Waals surface area contributed by atoms with Gasteiger partial charge in [0.1, 0.15) is 16.7 Å². The number of hydrogen-bond acceptors (Lipinski definition) is 4. The largest absolute Gasteiger partial charge is 0.321 e. The fraction of sp³-hybridized carbons (Fsp3) is 0.179. The minimum atomic E-state index is -0.554. The number of benzene rings is 3. The van der Waals surface area contributed by atoms with Crippen LogP contribution >= 0.6 is 23.4 Å². The summed E-state index contributed by atoms with van der Waals surface area (Å²) in [4.78, 5) is 28.2. The molecule has 5 nitrogen and oxygen atoms in total. The standard InChI is InChI=1S/C28H24ClN3O2S/c1-18(2)20-11-13-23(14-12-20)32-27(34)25(16-19-7-6-8-21(29)15-19)35-28(32)24(17-30)26(33)31-22-9-4-3-5-10-22/h3-15,18,25H,16H2,1-2H3,(H,31,33)/b28-24-. The van der Waals surface area contributed by atoms with E-state index in [1.807, 2.05) is 54.6 Å². The number of rotatable bonds is 6. The molecule has 0 bridgehead atoms. The van der Waals surface area contributed by atoms with E-state index in [9.17, 15) is 14.9 Å². The van der Waals surface area contributed by atoms with Crippen LogP contribution in [0, 0.1) is 11.3 Å². The maximum Gasteiger partial charge on any atom is 0.269 e. The molecule has 4 rings (SSSR count). The number of para-hydroxylation sites is 1. The van der Waals surface area contributed by atoms with Gasteiger partial charge in [-0.15, -0.1) is 0 Å². The second-order valence-corrected chi connectivity index (χ2v) is 10.1. The molecule has 1 fully saturated rings. The average molecular weight is 502 g/mol. The molecule has 3 aromatic rings. The molecule has 0 spiro atoms. The zero-order valence-electron chi connectivity index (χ0n) is 19.4. The topological polar surface area (TPSA) is 73.2 Å². The van der Waals surface area contributed by atoms with Crippen molar-refractivity contribution in [3.8, 4) is 6.07 Å². The summed E-state index contributed by atoms with van der Waals surface area (Å²) in [5.74, 6) is -0.395. The van der Waals surface area contributed by atoms with Gasteiger partial charge in [0.15, 0.2) is 0 Å². The van der Waals surface area contributed by atoms with E-state index in [2.05, 4.69) is 19.2 Å². The molecule has 1 unspecified atom stereocenters. The molecule has 7 heteroatoms. The highest BCUT2D eigenvalue weighted by molar-refractivity contribution is 8.05. The predicted molar refractivity (Wildman–Crippen MR) is 142 cm³/mol. The molecule has 2 amide bonds. The van der Waals surface area contributed by atoms with Crippen molar-refractivity contribution in [2.24, 2.45) is 0 Å². The minimum Gasteiger partial charge on any atom is -0.321 e. The van der Waals surface area contributed by atoms with E-state index in [1.165, 1.54) is 16.7 Å². The molecule has 1 aliphatic heterocycles. The molecular weight excluding hydrogens is 478 g/mol. The summed E-state index contributed by atoms with van der Waals surface area (Å²) in [5.41, 5.74) is 3.14. The monoisotopic (exact) mass is 501 g/mol. The van der Waals surface area contributed by atoms with Crippen LogP contribution in [0.2, 0.25) is 5.02 Å². The first-order chi connectivity index (χ1) is 16.9. The lowest BCUT2D eigenvalue weighted by molar-refractivity contribution is -0.117. The maximum atomic E-state index is 13.6. The minimum absolute atomic E-state index is 0.103. The van der Waals surface area contributed by atoms with Crippen LogP contribution in [0.4, 0.5) is 11.4 Å². The van der Waals surface area contributed by atoms with Crippen LogP contribution in [-0.4, -0.2) is 17.1 Å². The highest BCUT2D eigenvalue weighted by Gasteiger charge is 2.40. The third-order valence-electron chi connectivity index (χ3n) is 5.67. The van der Waals surface area contributed by atoms with Crippen molar-refractivity contribution in [3.63, 3.8) is 0 Å². The van der Waals surface area contributed by atoms with E-state index < -0.39 is 11.2 Å². The number of nitriles is 1. The number of thioether (sulfide) groups is 1. The van der Waals surface area contributed by atoms with Gasteiger partial charge < -0.3 is 5.32 Å². The molecule has 1 saturated heterocycles. The molecule has 1 heterocycles. The Bertz CT molecular complexity index is 1310. The van der Waals surface area contributed by atoms with Gasteiger partial charge in [0.2, 0.25) is 5.91 Å². The third-order valence-corrected chi connectivity index (χ3v) is 7.16. The molecule has 1 aliphatic rings. The van der Waals surface area contributed by atoms with Gasteiger partial charge in [0.05, 0.1) is 5.25 Å². The fourth-order valence-electron chi connectivity index (χ4n) is 3.82. The Hall–Kier alpha value is -3.53. The van der Waals surface area contributed by atoms with Crippen LogP contribution in [0.5, 0.6) is 0 Å². The van der Waals surface area contributed by atoms with Crippen molar-refractivity contribution in [1.29, 1.82) is 5.26 Å². The van der Waals surface area contributed by atoms with Gasteiger partial charge in [0, 0.05) is 16.4 Å². The first kappa shape index (κ1) is 24.6. The zero-order valence-corrected chi connectivity index (χ0v) is 20.9. The van der Waals surface area contributed by atoms with Crippen molar-refractivity contribution in [2.45, 2.75) is 31.4 Å². The summed E-state index contributed by atoms with van der Waals surface area (Å²) in [7, 11) is 0. The van der Waals surface area contributed by atoms with E-state index in [4.69, 9.17) is 11.6 Å². The quantitative estimate of drug-likeness (QED) is 0.308. The molecule has 35 heavy (non-hydrogen) atoms. The second kappa shape index (κ2) is 10.8. The number of anilines is 2. The van der Waals surface area contributed by atoms with Gasteiger partial charge in [-0.3, -0.25) is 14.5 Å². The van der Waals surface area contributed by atoms with E-state index in [0.717, 1.165) is 11.1 Å². The van der Waals surface area contributed by atoms with Gasteiger partial charge in [-0.05, 0) is 59.9 Å². The van der Waals surface area contributed by atoms with Crippen LogP contribution in [0.15, 0.2) is 89.5 Å². The van der Waals surface area contributed by atoms with Crippen LogP contribution in [0.3, 0.4) is 0 Å². The normalized spacial score (nSPS) is 16.8. The summed E-state index contributed by atoms with van der Waals surface area (Å²) >= 11 is 7.38. The Morgan fingerprint density at radius 1 is 1.09 bits per heavy atom. The number of carbonyl (C=O) groups excluding carboxylic acids is 2. The lowest BCUT2D eigenvalue weighted by Gasteiger charge is -2.19. The average Bonchev–Trinajstić information content (AvgIpc) is 3.15. The van der Waals surface area contributed by atoms with Gasteiger partial charge in [-0.2, -0.15) is 5.26 Å². The number of halogens is 1. The first-order valence-corrected chi connectivity index (χ1v) is 12.5. The molecular formula is C28H24ClN3O2S. The Labute approximate surface area is 214 Å². The fourth-order valence-corrected chi connectivity index (χ4v) is 5.34.